The second-order valence-corrected chi connectivity index (χ2v) is 6.09. The van der Waals surface area contributed by atoms with E-state index in [1.807, 2.05) is 30.4 Å². The quantitative estimate of drug-likeness (QED) is 0.882. The van der Waals surface area contributed by atoms with Crippen molar-refractivity contribution >= 4 is 29.5 Å². The Labute approximate surface area is 98.0 Å². The maximum absolute atomic E-state index is 5.11. The zero-order valence-corrected chi connectivity index (χ0v) is 10.5. The third-order valence-corrected chi connectivity index (χ3v) is 5.30. The van der Waals surface area contributed by atoms with Crippen molar-refractivity contribution in [3.63, 3.8) is 0 Å². The van der Waals surface area contributed by atoms with Crippen LogP contribution in [0.3, 0.4) is 0 Å². The number of rotatable bonds is 3. The van der Waals surface area contributed by atoms with Crippen molar-refractivity contribution in [3.05, 3.63) is 5.82 Å². The lowest BCUT2D eigenvalue weighted by molar-refractivity contribution is 0.422. The van der Waals surface area contributed by atoms with E-state index in [-0.39, 0.29) is 0 Å². The van der Waals surface area contributed by atoms with Crippen LogP contribution in [-0.2, 0) is 0 Å². The molecule has 1 aliphatic heterocycles. The van der Waals surface area contributed by atoms with Gasteiger partial charge in [-0.25, -0.2) is 0 Å². The molecule has 1 saturated heterocycles. The van der Waals surface area contributed by atoms with Crippen molar-refractivity contribution in [2.75, 3.05) is 23.4 Å². The summed E-state index contributed by atoms with van der Waals surface area (Å²) in [6.45, 7) is 5.05. The first kappa shape index (κ1) is 11.1. The summed E-state index contributed by atoms with van der Waals surface area (Å²) in [5.41, 5.74) is 0. The first-order valence-electron chi connectivity index (χ1n) is 5.12. The van der Waals surface area contributed by atoms with E-state index in [1.165, 1.54) is 11.5 Å². The third kappa shape index (κ3) is 2.60. The average Bonchev–Trinajstić information content (AvgIpc) is 2.68. The Hall–Kier alpha value is -0.360. The van der Waals surface area contributed by atoms with E-state index in [4.69, 9.17) is 4.52 Å². The molecule has 0 aliphatic carbocycles. The highest BCUT2D eigenvalue weighted by Gasteiger charge is 2.28. The summed E-state index contributed by atoms with van der Waals surface area (Å²) in [6.07, 6.45) is 0. The molecule has 84 valence electrons. The SMILES string of the molecule is CCNc1nc(C2SCCSC2C)no1. The van der Waals surface area contributed by atoms with Crippen molar-refractivity contribution in [3.8, 4) is 0 Å². The molecule has 2 heterocycles. The molecule has 1 aliphatic rings. The van der Waals surface area contributed by atoms with Gasteiger partial charge in [-0.1, -0.05) is 12.1 Å². The van der Waals surface area contributed by atoms with Gasteiger partial charge in [-0.05, 0) is 6.92 Å². The van der Waals surface area contributed by atoms with E-state index in [2.05, 4.69) is 22.4 Å². The first-order chi connectivity index (χ1) is 7.31. The van der Waals surface area contributed by atoms with Crippen LogP contribution < -0.4 is 5.32 Å². The fraction of sp³-hybridized carbons (Fsp3) is 0.778. The Morgan fingerprint density at radius 1 is 1.47 bits per heavy atom. The molecule has 1 N–H and O–H groups in total. The van der Waals surface area contributed by atoms with Gasteiger partial charge in [0.2, 0.25) is 0 Å². The summed E-state index contributed by atoms with van der Waals surface area (Å²) >= 11 is 3.90. The molecule has 1 aromatic heterocycles. The fourth-order valence-electron chi connectivity index (χ4n) is 1.49. The molecule has 0 aromatic carbocycles. The molecule has 0 radical (unpaired) electrons. The van der Waals surface area contributed by atoms with Crippen LogP contribution in [0.25, 0.3) is 0 Å². The van der Waals surface area contributed by atoms with Gasteiger partial charge in [-0.3, -0.25) is 0 Å². The summed E-state index contributed by atoms with van der Waals surface area (Å²) in [4.78, 5) is 4.35. The minimum atomic E-state index is 0.375. The number of hydrogen-bond donors (Lipinski definition) is 1. The van der Waals surface area contributed by atoms with Crippen LogP contribution in [0.5, 0.6) is 0 Å². The van der Waals surface area contributed by atoms with Gasteiger partial charge < -0.3 is 9.84 Å². The van der Waals surface area contributed by atoms with Crippen molar-refractivity contribution < 1.29 is 4.52 Å². The number of thioether (sulfide) groups is 2. The average molecular weight is 245 g/mol. The molecule has 6 heteroatoms. The molecule has 2 unspecified atom stereocenters. The van der Waals surface area contributed by atoms with Crippen molar-refractivity contribution in [1.82, 2.24) is 10.1 Å². The standard InChI is InChI=1S/C9H15N3OS2/c1-3-10-9-11-8(12-13-9)7-6(2)14-4-5-15-7/h6-7H,3-5H2,1-2H3,(H,10,11,12). The summed E-state index contributed by atoms with van der Waals surface area (Å²) in [7, 11) is 0. The number of nitrogens with one attached hydrogen (secondary N) is 1. The lowest BCUT2D eigenvalue weighted by Gasteiger charge is -2.24. The number of hydrogen-bond acceptors (Lipinski definition) is 6. The Morgan fingerprint density at radius 2 is 2.27 bits per heavy atom. The molecular formula is C9H15N3OS2. The van der Waals surface area contributed by atoms with Crippen molar-refractivity contribution in [1.29, 1.82) is 0 Å². The third-order valence-electron chi connectivity index (χ3n) is 2.21. The number of anilines is 1. The van der Waals surface area contributed by atoms with Crippen LogP contribution in [0.15, 0.2) is 4.52 Å². The second kappa shape index (κ2) is 5.12. The van der Waals surface area contributed by atoms with E-state index < -0.39 is 0 Å². The van der Waals surface area contributed by atoms with E-state index >= 15 is 0 Å². The van der Waals surface area contributed by atoms with E-state index in [9.17, 15) is 0 Å². The predicted octanol–water partition coefficient (Wildman–Crippen LogP) is 2.41. The molecule has 0 spiro atoms. The normalized spacial score (nSPS) is 26.5. The Bertz CT molecular complexity index is 318. The largest absolute Gasteiger partial charge is 0.338 e. The molecule has 0 amide bonds. The molecule has 2 rings (SSSR count). The van der Waals surface area contributed by atoms with Crippen LogP contribution in [0, 0.1) is 0 Å². The Morgan fingerprint density at radius 3 is 3.00 bits per heavy atom. The molecule has 0 bridgehead atoms. The highest BCUT2D eigenvalue weighted by atomic mass is 32.2. The van der Waals surface area contributed by atoms with Crippen LogP contribution >= 0.6 is 23.5 Å². The second-order valence-electron chi connectivity index (χ2n) is 3.36. The fourth-order valence-corrected chi connectivity index (χ4v) is 4.17. The molecule has 1 fully saturated rings. The summed E-state index contributed by atoms with van der Waals surface area (Å²) in [5.74, 6) is 3.22. The van der Waals surface area contributed by atoms with E-state index in [0.717, 1.165) is 12.4 Å². The van der Waals surface area contributed by atoms with Gasteiger partial charge >= 0.3 is 6.01 Å². The van der Waals surface area contributed by atoms with Gasteiger partial charge in [0.1, 0.15) is 0 Å². The minimum absolute atomic E-state index is 0.375. The Balaban J connectivity index is 2.06. The van der Waals surface area contributed by atoms with Gasteiger partial charge in [0.15, 0.2) is 5.82 Å². The smallest absolute Gasteiger partial charge is 0.321 e. The van der Waals surface area contributed by atoms with Gasteiger partial charge in [0.25, 0.3) is 0 Å². The summed E-state index contributed by atoms with van der Waals surface area (Å²) in [6, 6.07) is 0.538. The highest BCUT2D eigenvalue weighted by molar-refractivity contribution is 8.06. The monoisotopic (exact) mass is 245 g/mol. The van der Waals surface area contributed by atoms with Gasteiger partial charge in [-0.15, -0.1) is 11.8 Å². The van der Waals surface area contributed by atoms with Gasteiger partial charge in [0, 0.05) is 23.3 Å². The summed E-state index contributed by atoms with van der Waals surface area (Å²) < 4.78 is 5.11. The Kier molecular flexibility index (Phi) is 3.80. The van der Waals surface area contributed by atoms with Gasteiger partial charge in [-0.2, -0.15) is 16.7 Å². The van der Waals surface area contributed by atoms with Crippen LogP contribution in [0.1, 0.15) is 24.9 Å². The van der Waals surface area contributed by atoms with Crippen LogP contribution in [0.4, 0.5) is 6.01 Å². The van der Waals surface area contributed by atoms with Gasteiger partial charge in [0.05, 0.1) is 5.25 Å². The van der Waals surface area contributed by atoms with Crippen LogP contribution in [0.2, 0.25) is 0 Å². The van der Waals surface area contributed by atoms with Crippen molar-refractivity contribution in [2.45, 2.75) is 24.3 Å². The molecule has 0 saturated carbocycles. The highest BCUT2D eigenvalue weighted by Crippen LogP contribution is 2.41. The lowest BCUT2D eigenvalue weighted by Crippen LogP contribution is -2.16. The summed E-state index contributed by atoms with van der Waals surface area (Å²) in [5, 5.41) is 7.99. The number of nitrogens with zero attached hydrogens (tertiary/aromatic N) is 2. The molecule has 4 nitrogen and oxygen atoms in total. The molecule has 15 heavy (non-hydrogen) atoms. The minimum Gasteiger partial charge on any atom is -0.338 e. The van der Waals surface area contributed by atoms with Crippen molar-refractivity contribution in [2.24, 2.45) is 0 Å². The van der Waals surface area contributed by atoms with E-state index in [0.29, 0.717) is 16.5 Å². The zero-order chi connectivity index (χ0) is 10.7. The van der Waals surface area contributed by atoms with E-state index in [1.54, 1.807) is 0 Å². The first-order valence-corrected chi connectivity index (χ1v) is 7.21. The van der Waals surface area contributed by atoms with Crippen LogP contribution in [-0.4, -0.2) is 33.4 Å². The maximum atomic E-state index is 5.11. The topological polar surface area (TPSA) is 51.0 Å². The number of aromatic nitrogens is 2. The lowest BCUT2D eigenvalue weighted by atomic mass is 10.3. The molecule has 1 aromatic rings. The molecular weight excluding hydrogens is 230 g/mol. The molecule has 2 atom stereocenters. The predicted molar refractivity (Wildman–Crippen MR) is 65.6 cm³/mol. The zero-order valence-electron chi connectivity index (χ0n) is 8.90. The maximum Gasteiger partial charge on any atom is 0.321 e.